The number of halogens is 3. The van der Waals surface area contributed by atoms with Crippen LogP contribution in [-0.2, 0) is 11.3 Å². The van der Waals surface area contributed by atoms with E-state index in [9.17, 15) is 23.7 Å². The van der Waals surface area contributed by atoms with Crippen LogP contribution < -0.4 is 9.47 Å². The Bertz CT molecular complexity index is 896. The maximum atomic E-state index is 12.5. The summed E-state index contributed by atoms with van der Waals surface area (Å²) in [5, 5.41) is 11.4. The molecule has 2 aromatic rings. The van der Waals surface area contributed by atoms with Gasteiger partial charge in [0.1, 0.15) is 6.61 Å². The minimum Gasteiger partial charge on any atom is -0.493 e. The van der Waals surface area contributed by atoms with Crippen molar-refractivity contribution in [2.45, 2.75) is 18.1 Å². The van der Waals surface area contributed by atoms with Crippen molar-refractivity contribution in [1.82, 2.24) is 0 Å². The maximum absolute atomic E-state index is 12.5. The van der Waals surface area contributed by atoms with E-state index in [4.69, 9.17) is 21.1 Å². The fraction of sp³-hybridized carbons (Fsp3) is 0.235. The Balaban J connectivity index is 2.30. The number of benzene rings is 2. The van der Waals surface area contributed by atoms with Gasteiger partial charge in [0.05, 0.1) is 34.2 Å². The lowest BCUT2D eigenvalue weighted by Crippen LogP contribution is -2.09. The lowest BCUT2D eigenvalue weighted by atomic mass is 10.1. The lowest BCUT2D eigenvalue weighted by Gasteiger charge is -2.13. The molecule has 0 aliphatic heterocycles. The molecule has 2 aromatic carbocycles. The van der Waals surface area contributed by atoms with Crippen LogP contribution in [0.5, 0.6) is 11.5 Å². The number of hydrogen-bond donors (Lipinski definition) is 0. The highest BCUT2D eigenvalue weighted by Crippen LogP contribution is 2.36. The highest BCUT2D eigenvalue weighted by atomic mass is 35.5. The van der Waals surface area contributed by atoms with Crippen LogP contribution in [0.2, 0.25) is 5.02 Å². The Labute approximate surface area is 167 Å². The number of hydrogen-bond acceptors (Lipinski definition) is 7. The van der Waals surface area contributed by atoms with Crippen LogP contribution in [0.25, 0.3) is 0 Å². The van der Waals surface area contributed by atoms with Crippen LogP contribution in [0.1, 0.15) is 15.9 Å². The molecule has 0 saturated heterocycles. The van der Waals surface area contributed by atoms with Crippen LogP contribution in [0.15, 0.2) is 35.2 Å². The average molecular weight is 434 g/mol. The first-order chi connectivity index (χ1) is 13.3. The summed E-state index contributed by atoms with van der Waals surface area (Å²) in [5.41, 5.74) is -0.525. The summed E-state index contributed by atoms with van der Waals surface area (Å²) in [6.45, 7) is -3.69. The Morgan fingerprint density at radius 3 is 2.57 bits per heavy atom. The van der Waals surface area contributed by atoms with Gasteiger partial charge in [0.25, 0.3) is 5.69 Å². The van der Waals surface area contributed by atoms with Crippen LogP contribution >= 0.6 is 23.4 Å². The monoisotopic (exact) mass is 433 g/mol. The predicted octanol–water partition coefficient (Wildman–Crippen LogP) is 4.94. The molecule has 0 amide bonds. The van der Waals surface area contributed by atoms with E-state index < -0.39 is 35.5 Å². The third-order valence-corrected chi connectivity index (χ3v) is 4.58. The molecule has 0 atom stereocenters. The molecule has 0 unspecified atom stereocenters. The zero-order valence-corrected chi connectivity index (χ0v) is 16.2. The molecule has 0 aliphatic rings. The van der Waals surface area contributed by atoms with Crippen LogP contribution in [0.4, 0.5) is 14.5 Å². The third-order valence-electron chi connectivity index (χ3n) is 3.53. The SMILES string of the molecule is COc1cc(COC(=O)c2cc(SC)ccc2Cl)c([N+](=O)[O-])cc1OC(F)F. The van der Waals surface area contributed by atoms with Gasteiger partial charge in [-0.1, -0.05) is 11.6 Å². The highest BCUT2D eigenvalue weighted by Gasteiger charge is 2.23. The predicted molar refractivity (Wildman–Crippen MR) is 98.6 cm³/mol. The molecule has 0 bridgehead atoms. The topological polar surface area (TPSA) is 87.9 Å². The molecule has 0 spiro atoms. The summed E-state index contributed by atoms with van der Waals surface area (Å²) in [7, 11) is 1.18. The molecule has 28 heavy (non-hydrogen) atoms. The van der Waals surface area contributed by atoms with Crippen molar-refractivity contribution < 1.29 is 32.7 Å². The molecule has 150 valence electrons. The summed E-state index contributed by atoms with van der Waals surface area (Å²) in [6, 6.07) is 6.68. The van der Waals surface area contributed by atoms with Crippen LogP contribution in [0, 0.1) is 10.1 Å². The van der Waals surface area contributed by atoms with E-state index in [1.54, 1.807) is 6.07 Å². The summed E-state index contributed by atoms with van der Waals surface area (Å²) in [4.78, 5) is 23.6. The van der Waals surface area contributed by atoms with Gasteiger partial charge in [-0.15, -0.1) is 11.8 Å². The van der Waals surface area contributed by atoms with Gasteiger partial charge in [0.15, 0.2) is 11.5 Å². The first-order valence-corrected chi connectivity index (χ1v) is 9.17. The molecule has 0 fully saturated rings. The lowest BCUT2D eigenvalue weighted by molar-refractivity contribution is -0.386. The molecule has 0 N–H and O–H groups in total. The normalized spacial score (nSPS) is 10.6. The third kappa shape index (κ3) is 5.23. The standard InChI is InChI=1S/C17H14ClF2NO6S/c1-25-14-5-9(13(21(23)24)7-15(14)27-17(19)20)8-26-16(22)11-6-10(28-2)3-4-12(11)18/h3-7,17H,8H2,1-2H3. The number of nitrogens with zero attached hydrogens (tertiary/aromatic N) is 1. The maximum Gasteiger partial charge on any atom is 0.387 e. The summed E-state index contributed by atoms with van der Waals surface area (Å²) in [5.74, 6) is -1.46. The van der Waals surface area contributed by atoms with Crippen LogP contribution in [-0.4, -0.2) is 30.9 Å². The van der Waals surface area contributed by atoms with Gasteiger partial charge in [-0.2, -0.15) is 8.78 Å². The van der Waals surface area contributed by atoms with Gasteiger partial charge in [-0.25, -0.2) is 4.79 Å². The molecule has 0 heterocycles. The summed E-state index contributed by atoms with van der Waals surface area (Å²) >= 11 is 7.40. The number of methoxy groups -OCH3 is 1. The van der Waals surface area contributed by atoms with Gasteiger partial charge in [0.2, 0.25) is 0 Å². The van der Waals surface area contributed by atoms with E-state index in [0.717, 1.165) is 17.0 Å². The highest BCUT2D eigenvalue weighted by molar-refractivity contribution is 7.98. The second kappa shape index (κ2) is 9.56. The zero-order chi connectivity index (χ0) is 20.8. The second-order valence-electron chi connectivity index (χ2n) is 5.19. The molecule has 2 rings (SSSR count). The van der Waals surface area contributed by atoms with E-state index >= 15 is 0 Å². The van der Waals surface area contributed by atoms with Crippen molar-refractivity contribution in [3.63, 3.8) is 0 Å². The Kier molecular flexibility index (Phi) is 7.41. The van der Waals surface area contributed by atoms with Gasteiger partial charge < -0.3 is 14.2 Å². The molecular formula is C17H14ClF2NO6S. The molecular weight excluding hydrogens is 420 g/mol. The number of thioether (sulfide) groups is 1. The van der Waals surface area contributed by atoms with Crippen molar-refractivity contribution in [3.05, 3.63) is 56.6 Å². The van der Waals surface area contributed by atoms with Crippen molar-refractivity contribution in [1.29, 1.82) is 0 Å². The average Bonchev–Trinajstić information content (AvgIpc) is 2.66. The summed E-state index contributed by atoms with van der Waals surface area (Å²) < 4.78 is 39.2. The number of ether oxygens (including phenoxy) is 3. The fourth-order valence-electron chi connectivity index (χ4n) is 2.23. The van der Waals surface area contributed by atoms with Crippen molar-refractivity contribution in [2.24, 2.45) is 0 Å². The van der Waals surface area contributed by atoms with Crippen molar-refractivity contribution in [3.8, 4) is 11.5 Å². The van der Waals surface area contributed by atoms with E-state index in [1.165, 1.54) is 31.0 Å². The molecule has 0 aromatic heterocycles. The van der Waals surface area contributed by atoms with Gasteiger partial charge in [-0.05, 0) is 30.5 Å². The second-order valence-corrected chi connectivity index (χ2v) is 6.48. The molecule has 11 heteroatoms. The first-order valence-electron chi connectivity index (χ1n) is 7.57. The van der Waals surface area contributed by atoms with Crippen molar-refractivity contribution >= 4 is 35.0 Å². The quantitative estimate of drug-likeness (QED) is 0.252. The number of alkyl halides is 2. The molecule has 0 saturated carbocycles. The Hall–Kier alpha value is -2.59. The molecule has 0 aliphatic carbocycles. The van der Waals surface area contributed by atoms with E-state index in [0.29, 0.717) is 0 Å². The van der Waals surface area contributed by atoms with Crippen molar-refractivity contribution in [2.75, 3.05) is 13.4 Å². The number of nitro benzene ring substituents is 1. The largest absolute Gasteiger partial charge is 0.493 e. The van der Waals surface area contributed by atoms with Gasteiger partial charge >= 0.3 is 12.6 Å². The minimum atomic E-state index is -3.19. The zero-order valence-electron chi connectivity index (χ0n) is 14.6. The van der Waals surface area contributed by atoms with Gasteiger partial charge in [-0.3, -0.25) is 10.1 Å². The summed E-state index contributed by atoms with van der Waals surface area (Å²) in [6.07, 6.45) is 1.82. The van der Waals surface area contributed by atoms with Gasteiger partial charge in [0, 0.05) is 4.90 Å². The minimum absolute atomic E-state index is 0.0611. The smallest absolute Gasteiger partial charge is 0.387 e. The number of carbonyl (C=O) groups excluding carboxylic acids is 1. The molecule has 7 nitrogen and oxygen atoms in total. The number of rotatable bonds is 8. The fourth-order valence-corrected chi connectivity index (χ4v) is 2.87. The Morgan fingerprint density at radius 1 is 1.29 bits per heavy atom. The first kappa shape index (κ1) is 21.7. The molecule has 0 radical (unpaired) electrons. The van der Waals surface area contributed by atoms with E-state index in [2.05, 4.69) is 4.74 Å². The number of esters is 1. The van der Waals surface area contributed by atoms with Crippen LogP contribution in [0.3, 0.4) is 0 Å². The number of nitro groups is 1. The Morgan fingerprint density at radius 2 is 2.00 bits per heavy atom. The van der Waals surface area contributed by atoms with E-state index in [-0.39, 0.29) is 21.9 Å². The number of carbonyl (C=O) groups is 1. The van der Waals surface area contributed by atoms with E-state index in [1.807, 2.05) is 6.26 Å².